The summed E-state index contributed by atoms with van der Waals surface area (Å²) in [5.74, 6) is -0.336. The second-order valence-corrected chi connectivity index (χ2v) is 6.39. The van der Waals surface area contributed by atoms with E-state index < -0.39 is 11.8 Å². The van der Waals surface area contributed by atoms with Gasteiger partial charge in [0.05, 0.1) is 24.8 Å². The van der Waals surface area contributed by atoms with E-state index in [0.717, 1.165) is 5.56 Å². The van der Waals surface area contributed by atoms with Gasteiger partial charge in [-0.15, -0.1) is 0 Å². The van der Waals surface area contributed by atoms with E-state index in [1.165, 1.54) is 13.2 Å². The van der Waals surface area contributed by atoms with Crippen LogP contribution in [0.25, 0.3) is 33.6 Å². The molecule has 2 aromatic carbocycles. The third kappa shape index (κ3) is 3.74. The van der Waals surface area contributed by atoms with E-state index in [9.17, 15) is 9.18 Å². The lowest BCUT2D eigenvalue weighted by atomic mass is 10.1. The molecule has 0 fully saturated rings. The zero-order valence-electron chi connectivity index (χ0n) is 16.3. The number of esters is 1. The van der Waals surface area contributed by atoms with Gasteiger partial charge >= 0.3 is 5.97 Å². The Balaban J connectivity index is 1.61. The Morgan fingerprint density at radius 1 is 1.13 bits per heavy atom. The van der Waals surface area contributed by atoms with Gasteiger partial charge in [-0.1, -0.05) is 17.3 Å². The molecule has 4 aromatic rings. The number of hydrogen-bond acceptors (Lipinski definition) is 7. The predicted molar refractivity (Wildman–Crippen MR) is 106 cm³/mol. The number of fused-ring (bicyclic) bond motifs is 1. The normalized spacial score (nSPS) is 11.0. The molecule has 1 N–H and O–H groups in total. The number of aromatic amines is 1. The van der Waals surface area contributed by atoms with Crippen molar-refractivity contribution in [2.45, 2.75) is 0 Å². The minimum atomic E-state index is -0.511. The third-order valence-electron chi connectivity index (χ3n) is 4.50. The van der Waals surface area contributed by atoms with E-state index in [4.69, 9.17) is 14.0 Å². The number of halogens is 1. The molecule has 0 bridgehead atoms. The molecular formula is C21H18FN3O5. The standard InChI is InChI=1S/C21H18FN3O5/c1-27-7-8-29-19-10-16-14(9-15(19)22)20(24-23-16)17-11-18(30-25-17)12-3-5-13(6-4-12)21(26)28-2/h3-6,9-11H,7-8H2,1-2H3,(H,23,24). The van der Waals surface area contributed by atoms with Crippen molar-refractivity contribution in [3.63, 3.8) is 0 Å². The van der Waals surface area contributed by atoms with Crippen molar-refractivity contribution in [3.05, 3.63) is 53.8 Å². The lowest BCUT2D eigenvalue weighted by Crippen LogP contribution is -2.05. The number of benzene rings is 2. The summed E-state index contributed by atoms with van der Waals surface area (Å²) >= 11 is 0. The Kier molecular flexibility index (Phi) is 5.44. The molecule has 0 spiro atoms. The average molecular weight is 411 g/mol. The van der Waals surface area contributed by atoms with Crippen LogP contribution in [0.2, 0.25) is 0 Å². The zero-order chi connectivity index (χ0) is 21.1. The van der Waals surface area contributed by atoms with Crippen LogP contribution in [-0.4, -0.2) is 48.8 Å². The number of H-pyrrole nitrogens is 1. The topological polar surface area (TPSA) is 99.5 Å². The second kappa shape index (κ2) is 8.34. The molecule has 30 heavy (non-hydrogen) atoms. The molecule has 0 saturated carbocycles. The summed E-state index contributed by atoms with van der Waals surface area (Å²) in [6.07, 6.45) is 0. The maximum Gasteiger partial charge on any atom is 0.337 e. The highest BCUT2D eigenvalue weighted by Crippen LogP contribution is 2.32. The second-order valence-electron chi connectivity index (χ2n) is 6.39. The van der Waals surface area contributed by atoms with Gasteiger partial charge in [0.25, 0.3) is 0 Å². The monoisotopic (exact) mass is 411 g/mol. The van der Waals surface area contributed by atoms with Crippen LogP contribution in [0.4, 0.5) is 4.39 Å². The van der Waals surface area contributed by atoms with Crippen molar-refractivity contribution < 1.29 is 27.9 Å². The number of methoxy groups -OCH3 is 2. The molecule has 0 radical (unpaired) electrons. The summed E-state index contributed by atoms with van der Waals surface area (Å²) in [7, 11) is 2.87. The van der Waals surface area contributed by atoms with Crippen LogP contribution in [0.1, 0.15) is 10.4 Å². The van der Waals surface area contributed by atoms with Crippen LogP contribution >= 0.6 is 0 Å². The number of nitrogens with zero attached hydrogens (tertiary/aromatic N) is 2. The Labute approximate surface area is 170 Å². The van der Waals surface area contributed by atoms with Crippen molar-refractivity contribution in [1.29, 1.82) is 0 Å². The fraction of sp³-hybridized carbons (Fsp3) is 0.190. The molecule has 2 aromatic heterocycles. The van der Waals surface area contributed by atoms with Crippen molar-refractivity contribution in [2.24, 2.45) is 0 Å². The van der Waals surface area contributed by atoms with E-state index >= 15 is 0 Å². The molecule has 0 aliphatic heterocycles. The highest BCUT2D eigenvalue weighted by molar-refractivity contribution is 5.93. The van der Waals surface area contributed by atoms with Gasteiger partial charge in [0.2, 0.25) is 0 Å². The summed E-state index contributed by atoms with van der Waals surface area (Å²) < 4.78 is 34.8. The lowest BCUT2D eigenvalue weighted by molar-refractivity contribution is 0.0600. The zero-order valence-corrected chi connectivity index (χ0v) is 16.3. The number of carbonyl (C=O) groups is 1. The summed E-state index contributed by atoms with van der Waals surface area (Å²) in [5.41, 5.74) is 2.65. The summed E-state index contributed by atoms with van der Waals surface area (Å²) in [5, 5.41) is 11.7. The van der Waals surface area contributed by atoms with Crippen molar-refractivity contribution >= 4 is 16.9 Å². The molecule has 0 aliphatic rings. The van der Waals surface area contributed by atoms with Crippen LogP contribution in [0.5, 0.6) is 5.75 Å². The first-order valence-corrected chi connectivity index (χ1v) is 9.06. The van der Waals surface area contributed by atoms with E-state index in [1.54, 1.807) is 43.5 Å². The van der Waals surface area contributed by atoms with E-state index in [2.05, 4.69) is 20.1 Å². The van der Waals surface area contributed by atoms with Crippen LogP contribution in [-0.2, 0) is 9.47 Å². The maximum atomic E-state index is 14.4. The quantitative estimate of drug-likeness (QED) is 0.364. The Hall–Kier alpha value is -3.72. The molecule has 0 amide bonds. The smallest absolute Gasteiger partial charge is 0.337 e. The lowest BCUT2D eigenvalue weighted by Gasteiger charge is -2.06. The number of aromatic nitrogens is 3. The number of carbonyl (C=O) groups excluding carboxylic acids is 1. The minimum absolute atomic E-state index is 0.112. The number of ether oxygens (including phenoxy) is 3. The molecule has 8 nitrogen and oxygen atoms in total. The van der Waals surface area contributed by atoms with Crippen LogP contribution in [0.15, 0.2) is 47.0 Å². The van der Waals surface area contributed by atoms with Gasteiger partial charge in [-0.05, 0) is 18.2 Å². The molecule has 0 unspecified atom stereocenters. The van der Waals surface area contributed by atoms with E-state index in [0.29, 0.717) is 40.2 Å². The van der Waals surface area contributed by atoms with Crippen molar-refractivity contribution in [3.8, 4) is 28.5 Å². The maximum absolute atomic E-state index is 14.4. The molecule has 0 atom stereocenters. The van der Waals surface area contributed by atoms with Gasteiger partial charge in [-0.2, -0.15) is 5.10 Å². The van der Waals surface area contributed by atoms with Crippen molar-refractivity contribution in [1.82, 2.24) is 15.4 Å². The van der Waals surface area contributed by atoms with Gasteiger partial charge in [0, 0.05) is 30.2 Å². The Morgan fingerprint density at radius 2 is 1.93 bits per heavy atom. The third-order valence-corrected chi connectivity index (χ3v) is 4.50. The fourth-order valence-corrected chi connectivity index (χ4v) is 2.97. The fourth-order valence-electron chi connectivity index (χ4n) is 2.97. The SMILES string of the molecule is COCCOc1cc2[nH]nc(-c3cc(-c4ccc(C(=O)OC)cc4)on3)c2cc1F. The van der Waals surface area contributed by atoms with Gasteiger partial charge in [-0.3, -0.25) is 5.10 Å². The van der Waals surface area contributed by atoms with Crippen LogP contribution in [0.3, 0.4) is 0 Å². The van der Waals surface area contributed by atoms with E-state index in [1.807, 2.05) is 0 Å². The molecule has 154 valence electrons. The van der Waals surface area contributed by atoms with Gasteiger partial charge in [-0.25, -0.2) is 9.18 Å². The highest BCUT2D eigenvalue weighted by Gasteiger charge is 2.17. The average Bonchev–Trinajstić information content (AvgIpc) is 3.40. The summed E-state index contributed by atoms with van der Waals surface area (Å²) in [6.45, 7) is 0.593. The largest absolute Gasteiger partial charge is 0.488 e. The van der Waals surface area contributed by atoms with Gasteiger partial charge < -0.3 is 18.7 Å². The minimum Gasteiger partial charge on any atom is -0.488 e. The number of hydrogen-bond donors (Lipinski definition) is 1. The highest BCUT2D eigenvalue weighted by atomic mass is 19.1. The Morgan fingerprint density at radius 3 is 2.67 bits per heavy atom. The Bertz CT molecular complexity index is 1180. The van der Waals surface area contributed by atoms with E-state index in [-0.39, 0.29) is 12.4 Å². The molecule has 2 heterocycles. The van der Waals surface area contributed by atoms with Gasteiger partial charge in [0.15, 0.2) is 17.3 Å². The first kappa shape index (κ1) is 19.6. The molecule has 0 aliphatic carbocycles. The van der Waals surface area contributed by atoms with Crippen LogP contribution < -0.4 is 4.74 Å². The summed E-state index contributed by atoms with van der Waals surface area (Å²) in [6, 6.07) is 11.3. The molecule has 4 rings (SSSR count). The molecule has 0 saturated heterocycles. The first-order valence-electron chi connectivity index (χ1n) is 9.06. The number of rotatable bonds is 7. The first-order chi connectivity index (χ1) is 14.6. The molecular weight excluding hydrogens is 393 g/mol. The van der Waals surface area contributed by atoms with Gasteiger partial charge in [0.1, 0.15) is 18.0 Å². The number of nitrogens with one attached hydrogen (secondary N) is 1. The predicted octanol–water partition coefficient (Wildman–Crippen LogP) is 3.84. The summed E-state index contributed by atoms with van der Waals surface area (Å²) in [4.78, 5) is 11.6. The van der Waals surface area contributed by atoms with Crippen LogP contribution in [0, 0.1) is 5.82 Å². The molecule has 9 heteroatoms. The van der Waals surface area contributed by atoms with Crippen molar-refractivity contribution in [2.75, 3.05) is 27.4 Å².